The van der Waals surface area contributed by atoms with Gasteiger partial charge < -0.3 is 14.8 Å². The molecule has 0 aromatic carbocycles. The minimum atomic E-state index is 0.462. The van der Waals surface area contributed by atoms with E-state index in [4.69, 9.17) is 0 Å². The molecule has 2 aliphatic rings. The van der Waals surface area contributed by atoms with Crippen LogP contribution in [0.3, 0.4) is 0 Å². The quantitative estimate of drug-likeness (QED) is 0.662. The highest BCUT2D eigenvalue weighted by molar-refractivity contribution is 5.80. The third-order valence-corrected chi connectivity index (χ3v) is 6.31. The number of aromatic nitrogens is 2. The van der Waals surface area contributed by atoms with E-state index in [1.165, 1.54) is 32.2 Å². The Labute approximate surface area is 158 Å². The minimum Gasteiger partial charge on any atom is -0.355 e. The van der Waals surface area contributed by atoms with Crippen molar-refractivity contribution in [3.05, 3.63) is 18.7 Å². The number of imidazole rings is 1. The highest BCUT2D eigenvalue weighted by Gasteiger charge is 2.29. The van der Waals surface area contributed by atoms with Gasteiger partial charge in [-0.1, -0.05) is 13.3 Å². The molecule has 2 saturated heterocycles. The van der Waals surface area contributed by atoms with Crippen LogP contribution in [-0.4, -0.2) is 70.6 Å². The molecule has 0 bridgehead atoms. The average molecular weight is 361 g/mol. The second-order valence-corrected chi connectivity index (χ2v) is 8.15. The standard InChI is InChI=1S/C20H36N6/c1-16-8-11-24(14-19(16)25-12-9-22-15-25)20(21-4)23-13-18(3)26-10-6-5-7-17(26)2/h9,12,15-19H,5-8,10-11,13-14H2,1-4H3,(H,21,23). The lowest BCUT2D eigenvalue weighted by Gasteiger charge is -2.41. The summed E-state index contributed by atoms with van der Waals surface area (Å²) in [5.74, 6) is 1.70. The van der Waals surface area contributed by atoms with Crippen LogP contribution in [0.5, 0.6) is 0 Å². The van der Waals surface area contributed by atoms with Gasteiger partial charge in [0.25, 0.3) is 0 Å². The summed E-state index contributed by atoms with van der Waals surface area (Å²) in [4.78, 5) is 13.9. The molecule has 0 aliphatic carbocycles. The molecule has 146 valence electrons. The van der Waals surface area contributed by atoms with Gasteiger partial charge in [0.05, 0.1) is 12.4 Å². The Morgan fingerprint density at radius 3 is 2.81 bits per heavy atom. The molecule has 0 spiro atoms. The van der Waals surface area contributed by atoms with E-state index in [0.717, 1.165) is 25.6 Å². The number of nitrogens with zero attached hydrogens (tertiary/aromatic N) is 5. The van der Waals surface area contributed by atoms with E-state index in [-0.39, 0.29) is 0 Å². The van der Waals surface area contributed by atoms with Crippen LogP contribution in [0.15, 0.2) is 23.7 Å². The molecule has 0 radical (unpaired) electrons. The molecular formula is C20H36N6. The van der Waals surface area contributed by atoms with Crippen molar-refractivity contribution in [1.82, 2.24) is 24.7 Å². The highest BCUT2D eigenvalue weighted by atomic mass is 15.3. The summed E-state index contributed by atoms with van der Waals surface area (Å²) in [6.45, 7) is 11.3. The largest absolute Gasteiger partial charge is 0.355 e. The lowest BCUT2D eigenvalue weighted by molar-refractivity contribution is 0.114. The molecule has 0 saturated carbocycles. The van der Waals surface area contributed by atoms with Crippen molar-refractivity contribution in [3.63, 3.8) is 0 Å². The van der Waals surface area contributed by atoms with Crippen molar-refractivity contribution in [1.29, 1.82) is 0 Å². The first-order valence-electron chi connectivity index (χ1n) is 10.3. The summed E-state index contributed by atoms with van der Waals surface area (Å²) < 4.78 is 2.25. The smallest absolute Gasteiger partial charge is 0.193 e. The molecule has 2 aliphatic heterocycles. The lowest BCUT2D eigenvalue weighted by Crippen LogP contribution is -2.53. The molecule has 1 aromatic heterocycles. The molecule has 0 amide bonds. The number of hydrogen-bond donors (Lipinski definition) is 1. The minimum absolute atomic E-state index is 0.462. The van der Waals surface area contributed by atoms with E-state index in [1.54, 1.807) is 0 Å². The summed E-state index contributed by atoms with van der Waals surface area (Å²) >= 11 is 0. The molecule has 6 heteroatoms. The van der Waals surface area contributed by atoms with E-state index in [1.807, 2.05) is 19.6 Å². The lowest BCUT2D eigenvalue weighted by atomic mass is 9.93. The molecule has 26 heavy (non-hydrogen) atoms. The van der Waals surface area contributed by atoms with Gasteiger partial charge in [-0.2, -0.15) is 0 Å². The maximum atomic E-state index is 4.58. The zero-order chi connectivity index (χ0) is 18.5. The van der Waals surface area contributed by atoms with Crippen LogP contribution in [0.1, 0.15) is 52.5 Å². The van der Waals surface area contributed by atoms with Crippen molar-refractivity contribution < 1.29 is 0 Å². The van der Waals surface area contributed by atoms with E-state index in [0.29, 0.717) is 24.0 Å². The van der Waals surface area contributed by atoms with Crippen LogP contribution in [-0.2, 0) is 0 Å². The molecular weight excluding hydrogens is 324 g/mol. The Bertz CT molecular complexity index is 569. The van der Waals surface area contributed by atoms with Gasteiger partial charge >= 0.3 is 0 Å². The second-order valence-electron chi connectivity index (χ2n) is 8.15. The first-order valence-corrected chi connectivity index (χ1v) is 10.3. The van der Waals surface area contributed by atoms with Gasteiger partial charge in [-0.15, -0.1) is 0 Å². The SMILES string of the molecule is CN=C(NCC(C)N1CCCCC1C)N1CCC(C)C(n2ccnc2)C1. The van der Waals surface area contributed by atoms with Crippen molar-refractivity contribution in [3.8, 4) is 0 Å². The molecule has 4 atom stereocenters. The average Bonchev–Trinajstić information content (AvgIpc) is 3.18. The van der Waals surface area contributed by atoms with Crippen LogP contribution in [0, 0.1) is 5.92 Å². The third kappa shape index (κ3) is 4.40. The Hall–Kier alpha value is -1.56. The number of piperidine rings is 2. The van der Waals surface area contributed by atoms with Gasteiger partial charge in [-0.25, -0.2) is 4.98 Å². The van der Waals surface area contributed by atoms with E-state index < -0.39 is 0 Å². The summed E-state index contributed by atoms with van der Waals surface area (Å²) in [5.41, 5.74) is 0. The monoisotopic (exact) mass is 360 g/mol. The van der Waals surface area contributed by atoms with E-state index in [2.05, 4.69) is 56.6 Å². The number of rotatable bonds is 4. The fourth-order valence-corrected chi connectivity index (χ4v) is 4.56. The summed E-state index contributed by atoms with van der Waals surface area (Å²) in [7, 11) is 1.90. The van der Waals surface area contributed by atoms with E-state index >= 15 is 0 Å². The Kier molecular flexibility index (Phi) is 6.57. The molecule has 1 aromatic rings. The number of aliphatic imine (C=N–C) groups is 1. The summed E-state index contributed by atoms with van der Waals surface area (Å²) in [6, 6.07) is 1.70. The van der Waals surface area contributed by atoms with Gasteiger partial charge in [0.2, 0.25) is 0 Å². The molecule has 3 rings (SSSR count). The van der Waals surface area contributed by atoms with Crippen LogP contribution < -0.4 is 5.32 Å². The van der Waals surface area contributed by atoms with Gasteiger partial charge in [0.1, 0.15) is 0 Å². The first-order chi connectivity index (χ1) is 12.6. The van der Waals surface area contributed by atoms with Gasteiger partial charge in [0, 0.05) is 51.2 Å². The van der Waals surface area contributed by atoms with Crippen LogP contribution in [0.2, 0.25) is 0 Å². The Morgan fingerprint density at radius 2 is 2.12 bits per heavy atom. The van der Waals surface area contributed by atoms with Crippen molar-refractivity contribution >= 4 is 5.96 Å². The molecule has 2 fully saturated rings. The Morgan fingerprint density at radius 1 is 1.27 bits per heavy atom. The fourth-order valence-electron chi connectivity index (χ4n) is 4.56. The normalized spacial score (nSPS) is 29.6. The summed E-state index contributed by atoms with van der Waals surface area (Å²) in [5, 5.41) is 3.65. The molecule has 3 heterocycles. The van der Waals surface area contributed by atoms with Crippen LogP contribution in [0.4, 0.5) is 0 Å². The van der Waals surface area contributed by atoms with Gasteiger partial charge in [0.15, 0.2) is 5.96 Å². The second kappa shape index (κ2) is 8.89. The van der Waals surface area contributed by atoms with Crippen molar-refractivity contribution in [2.24, 2.45) is 10.9 Å². The number of guanidine groups is 1. The van der Waals surface area contributed by atoms with Crippen molar-refractivity contribution in [2.75, 3.05) is 33.2 Å². The first kappa shape index (κ1) is 19.2. The Balaban J connectivity index is 1.56. The molecule has 4 unspecified atom stereocenters. The van der Waals surface area contributed by atoms with Crippen LogP contribution in [0.25, 0.3) is 0 Å². The maximum absolute atomic E-state index is 4.58. The predicted octanol–water partition coefficient (Wildman–Crippen LogP) is 2.60. The number of hydrogen-bond acceptors (Lipinski definition) is 3. The predicted molar refractivity (Wildman–Crippen MR) is 107 cm³/mol. The van der Waals surface area contributed by atoms with Gasteiger partial charge in [-0.3, -0.25) is 9.89 Å². The molecule has 6 nitrogen and oxygen atoms in total. The zero-order valence-corrected chi connectivity index (χ0v) is 16.9. The summed E-state index contributed by atoms with van der Waals surface area (Å²) in [6.07, 6.45) is 11.1. The van der Waals surface area contributed by atoms with Gasteiger partial charge in [-0.05, 0) is 45.6 Å². The van der Waals surface area contributed by atoms with E-state index in [9.17, 15) is 0 Å². The van der Waals surface area contributed by atoms with Crippen molar-refractivity contribution in [2.45, 2.75) is 64.6 Å². The third-order valence-electron chi connectivity index (χ3n) is 6.31. The number of likely N-dealkylation sites (tertiary alicyclic amines) is 2. The zero-order valence-electron chi connectivity index (χ0n) is 16.9. The maximum Gasteiger partial charge on any atom is 0.193 e. The molecule has 1 N–H and O–H groups in total. The van der Waals surface area contributed by atoms with Crippen LogP contribution >= 0.6 is 0 Å². The topological polar surface area (TPSA) is 48.7 Å². The number of nitrogens with one attached hydrogen (secondary N) is 1. The fraction of sp³-hybridized carbons (Fsp3) is 0.800. The highest BCUT2D eigenvalue weighted by Crippen LogP contribution is 2.27.